The van der Waals surface area contributed by atoms with Crippen LogP contribution in [0.3, 0.4) is 0 Å². The lowest BCUT2D eigenvalue weighted by atomic mass is 10.1. The summed E-state index contributed by atoms with van der Waals surface area (Å²) in [5, 5.41) is 0. The maximum absolute atomic E-state index is 4.50. The number of hydrogen-bond acceptors (Lipinski definition) is 2. The number of hydrogen-bond donors (Lipinski definition) is 2. The van der Waals surface area contributed by atoms with Crippen molar-refractivity contribution in [3.05, 3.63) is 83.0 Å². The fourth-order valence-corrected chi connectivity index (χ4v) is 1.70. The van der Waals surface area contributed by atoms with E-state index < -0.39 is 0 Å². The molecule has 2 heteroatoms. The molecular weight excluding hydrogens is 316 g/mol. The summed E-state index contributed by atoms with van der Waals surface area (Å²) in [6, 6.07) is 8.02. The molecule has 4 N–H and O–H groups in total. The predicted octanol–water partition coefficient (Wildman–Crippen LogP) is 4.58. The smallest absolute Gasteiger partial charge is 0.0249 e. The lowest BCUT2D eigenvalue weighted by Gasteiger charge is -1.93. The number of benzene rings is 1. The van der Waals surface area contributed by atoms with Gasteiger partial charge in [-0.15, -0.1) is 0 Å². The second-order valence-electron chi connectivity index (χ2n) is 4.57. The SMILES string of the molecule is C/C=C\C(C#Cc1ccc(C#CC(/C=C\C)=C/C)cc1)=C/C.CN.CN. The summed E-state index contributed by atoms with van der Waals surface area (Å²) in [4.78, 5) is 0. The van der Waals surface area contributed by atoms with Gasteiger partial charge in [-0.25, -0.2) is 0 Å². The fraction of sp³-hybridized carbons (Fsp3) is 0.250. The summed E-state index contributed by atoms with van der Waals surface area (Å²) in [6.45, 7) is 7.97. The van der Waals surface area contributed by atoms with Crippen LogP contribution >= 0.6 is 0 Å². The highest BCUT2D eigenvalue weighted by Crippen LogP contribution is 2.04. The first-order chi connectivity index (χ1) is 12.7. The highest BCUT2D eigenvalue weighted by molar-refractivity contribution is 5.49. The molecule has 0 saturated carbocycles. The van der Waals surface area contributed by atoms with E-state index in [0.29, 0.717) is 0 Å². The molecule has 0 aromatic heterocycles. The van der Waals surface area contributed by atoms with Gasteiger partial charge in [-0.1, -0.05) is 60.1 Å². The Balaban J connectivity index is 0. The van der Waals surface area contributed by atoms with Gasteiger partial charge in [-0.2, -0.15) is 0 Å². The van der Waals surface area contributed by atoms with Gasteiger partial charge in [0, 0.05) is 22.3 Å². The van der Waals surface area contributed by atoms with Crippen LogP contribution in [-0.2, 0) is 0 Å². The zero-order valence-corrected chi connectivity index (χ0v) is 16.9. The van der Waals surface area contributed by atoms with Crippen molar-refractivity contribution in [3.63, 3.8) is 0 Å². The number of rotatable bonds is 2. The van der Waals surface area contributed by atoms with Gasteiger partial charge in [-0.3, -0.25) is 0 Å². The maximum atomic E-state index is 4.50. The minimum Gasteiger partial charge on any atom is -0.333 e. The van der Waals surface area contributed by atoms with Gasteiger partial charge < -0.3 is 11.5 Å². The van der Waals surface area contributed by atoms with E-state index in [2.05, 4.69) is 35.1 Å². The molecule has 0 atom stereocenters. The van der Waals surface area contributed by atoms with Crippen molar-refractivity contribution < 1.29 is 0 Å². The first kappa shape index (κ1) is 25.5. The van der Waals surface area contributed by atoms with Gasteiger partial charge in [0.2, 0.25) is 0 Å². The molecule has 0 amide bonds. The van der Waals surface area contributed by atoms with Gasteiger partial charge >= 0.3 is 0 Å². The van der Waals surface area contributed by atoms with Crippen LogP contribution in [0.1, 0.15) is 38.8 Å². The molecule has 0 fully saturated rings. The summed E-state index contributed by atoms with van der Waals surface area (Å²) in [5.74, 6) is 12.6. The van der Waals surface area contributed by atoms with Crippen molar-refractivity contribution >= 4 is 0 Å². The number of allylic oxidation sites excluding steroid dienone is 8. The molecule has 0 radical (unpaired) electrons. The Labute approximate surface area is 160 Å². The predicted molar refractivity (Wildman–Crippen MR) is 118 cm³/mol. The molecule has 0 aliphatic rings. The Morgan fingerprint density at radius 2 is 0.962 bits per heavy atom. The second-order valence-corrected chi connectivity index (χ2v) is 4.57. The van der Waals surface area contributed by atoms with E-state index in [1.807, 2.05) is 88.4 Å². The van der Waals surface area contributed by atoms with Crippen LogP contribution in [0.4, 0.5) is 0 Å². The van der Waals surface area contributed by atoms with E-state index in [4.69, 9.17) is 0 Å². The van der Waals surface area contributed by atoms with E-state index in [-0.39, 0.29) is 0 Å². The largest absolute Gasteiger partial charge is 0.333 e. The van der Waals surface area contributed by atoms with Gasteiger partial charge in [0.25, 0.3) is 0 Å². The molecule has 0 saturated heterocycles. The lowest BCUT2D eigenvalue weighted by Crippen LogP contribution is -1.79. The van der Waals surface area contributed by atoms with Crippen molar-refractivity contribution in [1.29, 1.82) is 0 Å². The molecule has 2 nitrogen and oxygen atoms in total. The van der Waals surface area contributed by atoms with E-state index in [9.17, 15) is 0 Å². The summed E-state index contributed by atoms with van der Waals surface area (Å²) in [6.07, 6.45) is 12.0. The van der Waals surface area contributed by atoms with Crippen LogP contribution in [0.2, 0.25) is 0 Å². The first-order valence-electron chi connectivity index (χ1n) is 8.61. The first-order valence-corrected chi connectivity index (χ1v) is 8.61. The van der Waals surface area contributed by atoms with Crippen LogP contribution in [0.25, 0.3) is 0 Å². The van der Waals surface area contributed by atoms with E-state index >= 15 is 0 Å². The Hall–Kier alpha value is -2.78. The molecule has 138 valence electrons. The van der Waals surface area contributed by atoms with E-state index in [1.54, 1.807) is 0 Å². The third kappa shape index (κ3) is 11.7. The average Bonchev–Trinajstić information content (AvgIpc) is 2.72. The highest BCUT2D eigenvalue weighted by Gasteiger charge is 1.89. The zero-order chi connectivity index (χ0) is 20.2. The Morgan fingerprint density at radius 1 is 0.654 bits per heavy atom. The monoisotopic (exact) mass is 348 g/mol. The Kier molecular flexibility index (Phi) is 18.2. The minimum atomic E-state index is 0.995. The Morgan fingerprint density at radius 3 is 1.19 bits per heavy atom. The normalized spacial score (nSPS) is 10.6. The van der Waals surface area contributed by atoms with Crippen LogP contribution in [0, 0.1) is 23.7 Å². The summed E-state index contributed by atoms with van der Waals surface area (Å²) in [5.41, 5.74) is 13.0. The quantitative estimate of drug-likeness (QED) is 0.607. The minimum absolute atomic E-state index is 0.995. The highest BCUT2D eigenvalue weighted by atomic mass is 14.4. The Bertz CT molecular complexity index is 657. The molecule has 1 rings (SSSR count). The molecule has 26 heavy (non-hydrogen) atoms. The van der Waals surface area contributed by atoms with E-state index in [0.717, 1.165) is 22.3 Å². The molecule has 0 aliphatic carbocycles. The molecular formula is C24H32N2. The van der Waals surface area contributed by atoms with E-state index in [1.165, 1.54) is 14.1 Å². The van der Waals surface area contributed by atoms with Crippen LogP contribution in [0.5, 0.6) is 0 Å². The maximum Gasteiger partial charge on any atom is 0.0249 e. The molecule has 0 unspecified atom stereocenters. The van der Waals surface area contributed by atoms with Crippen molar-refractivity contribution in [2.24, 2.45) is 11.5 Å². The third-order valence-electron chi connectivity index (χ3n) is 2.90. The van der Waals surface area contributed by atoms with Crippen LogP contribution < -0.4 is 11.5 Å². The van der Waals surface area contributed by atoms with Gasteiger partial charge in [0.15, 0.2) is 0 Å². The van der Waals surface area contributed by atoms with Gasteiger partial charge in [-0.05, 0) is 66.1 Å². The van der Waals surface area contributed by atoms with Crippen molar-refractivity contribution in [1.82, 2.24) is 0 Å². The van der Waals surface area contributed by atoms with Crippen LogP contribution in [0.15, 0.2) is 71.9 Å². The van der Waals surface area contributed by atoms with Gasteiger partial charge in [0.1, 0.15) is 0 Å². The summed E-state index contributed by atoms with van der Waals surface area (Å²) in [7, 11) is 3.00. The lowest BCUT2D eigenvalue weighted by molar-refractivity contribution is 1.48. The molecule has 0 bridgehead atoms. The fourth-order valence-electron chi connectivity index (χ4n) is 1.70. The number of nitrogens with two attached hydrogens (primary N) is 2. The molecule has 0 aliphatic heterocycles. The molecule has 1 aromatic rings. The van der Waals surface area contributed by atoms with Crippen molar-refractivity contribution in [3.8, 4) is 23.7 Å². The standard InChI is InChI=1S/C22H22.2CH5N/c1-5-9-19(7-3)11-13-21-15-17-22(18-16-21)14-12-20(8-4)10-6-2;2*1-2/h5-10,15-18H,1-4H3;2*2H2,1H3/b9-5-,10-6-,19-7+,20-8+;;. The average molecular weight is 349 g/mol. The summed E-state index contributed by atoms with van der Waals surface area (Å²) >= 11 is 0. The van der Waals surface area contributed by atoms with Crippen molar-refractivity contribution in [2.45, 2.75) is 27.7 Å². The van der Waals surface area contributed by atoms with Crippen LogP contribution in [-0.4, -0.2) is 14.1 Å². The molecule has 1 aromatic carbocycles. The molecule has 0 heterocycles. The second kappa shape index (κ2) is 18.6. The van der Waals surface area contributed by atoms with Crippen molar-refractivity contribution in [2.75, 3.05) is 14.1 Å². The zero-order valence-electron chi connectivity index (χ0n) is 16.9. The third-order valence-corrected chi connectivity index (χ3v) is 2.90. The molecule has 0 spiro atoms. The van der Waals surface area contributed by atoms with Gasteiger partial charge in [0.05, 0.1) is 0 Å². The topological polar surface area (TPSA) is 52.0 Å². The summed E-state index contributed by atoms with van der Waals surface area (Å²) < 4.78 is 0.